The first-order valence-electron chi connectivity index (χ1n) is 10.3. The van der Waals surface area contributed by atoms with E-state index in [1.807, 2.05) is 14.1 Å². The van der Waals surface area contributed by atoms with Crippen LogP contribution in [0.15, 0.2) is 48.0 Å². The molecule has 1 aliphatic rings. The van der Waals surface area contributed by atoms with E-state index in [1.54, 1.807) is 18.2 Å². The summed E-state index contributed by atoms with van der Waals surface area (Å²) in [6, 6.07) is 9.10. The maximum Gasteiger partial charge on any atom is 0.295 e. The molecule has 1 N–H and O–H groups in total. The van der Waals surface area contributed by atoms with Crippen molar-refractivity contribution in [2.24, 2.45) is 0 Å². The number of carbonyl (C=O) groups excluding carboxylic acids is 2. The van der Waals surface area contributed by atoms with Gasteiger partial charge in [-0.3, -0.25) is 9.59 Å². The van der Waals surface area contributed by atoms with Crippen LogP contribution < -0.4 is 19.5 Å². The standard InChI is InChI=1S/C24H27FN2O5/c1-26(2)12-5-13-27-21(16-8-11-18(31-3)19(14-16)32-4)20(23(29)24(27)30)22(28)15-6-9-17(25)10-7-15/h6-11,14,21,28H,5,12-13H2,1-4H3. The number of likely N-dealkylation sites (tertiary alicyclic amines) is 1. The Morgan fingerprint density at radius 2 is 1.72 bits per heavy atom. The first kappa shape index (κ1) is 23.3. The lowest BCUT2D eigenvalue weighted by Crippen LogP contribution is -3.05. The van der Waals surface area contributed by atoms with Gasteiger partial charge in [0.2, 0.25) is 5.78 Å². The van der Waals surface area contributed by atoms with Crippen LogP contribution >= 0.6 is 0 Å². The quantitative estimate of drug-likeness (QED) is 0.368. The number of ether oxygens (including phenoxy) is 2. The molecule has 7 nitrogen and oxygen atoms in total. The smallest absolute Gasteiger partial charge is 0.295 e. The highest BCUT2D eigenvalue weighted by Crippen LogP contribution is 2.41. The number of nitrogens with one attached hydrogen (secondary N) is 1. The predicted molar refractivity (Wildman–Crippen MR) is 115 cm³/mol. The number of hydrogen-bond donors (Lipinski definition) is 1. The first-order valence-corrected chi connectivity index (χ1v) is 10.3. The number of halogens is 1. The van der Waals surface area contributed by atoms with Gasteiger partial charge in [-0.25, -0.2) is 4.39 Å². The third-order valence-corrected chi connectivity index (χ3v) is 5.44. The van der Waals surface area contributed by atoms with E-state index in [1.165, 1.54) is 36.2 Å². The minimum atomic E-state index is -0.871. The average molecular weight is 442 g/mol. The fourth-order valence-corrected chi connectivity index (χ4v) is 3.83. The van der Waals surface area contributed by atoms with Crippen molar-refractivity contribution in [1.82, 2.24) is 4.90 Å². The minimum absolute atomic E-state index is 0.146. The number of ketones is 1. The zero-order chi connectivity index (χ0) is 23.4. The maximum absolute atomic E-state index is 13.4. The fourth-order valence-electron chi connectivity index (χ4n) is 3.83. The molecule has 2 aromatic carbocycles. The largest absolute Gasteiger partial charge is 0.872 e. The van der Waals surface area contributed by atoms with Gasteiger partial charge in [0.05, 0.1) is 40.9 Å². The molecule has 0 aliphatic carbocycles. The van der Waals surface area contributed by atoms with E-state index in [4.69, 9.17) is 9.47 Å². The molecule has 8 heteroatoms. The molecular weight excluding hydrogens is 415 g/mol. The zero-order valence-electron chi connectivity index (χ0n) is 18.6. The van der Waals surface area contributed by atoms with Crippen molar-refractivity contribution < 1.29 is 33.5 Å². The first-order chi connectivity index (χ1) is 15.3. The maximum atomic E-state index is 13.4. The third-order valence-electron chi connectivity index (χ3n) is 5.44. The highest BCUT2D eigenvalue weighted by molar-refractivity contribution is 6.46. The van der Waals surface area contributed by atoms with Crippen LogP contribution in [-0.4, -0.2) is 58.0 Å². The summed E-state index contributed by atoms with van der Waals surface area (Å²) in [6.07, 6.45) is 0.656. The summed E-state index contributed by atoms with van der Waals surface area (Å²) in [6.45, 7) is 1.10. The second kappa shape index (κ2) is 9.82. The Balaban J connectivity index is 2.13. The average Bonchev–Trinajstić information content (AvgIpc) is 3.03. The van der Waals surface area contributed by atoms with Gasteiger partial charge in [0.15, 0.2) is 11.5 Å². The van der Waals surface area contributed by atoms with Crippen LogP contribution in [0.4, 0.5) is 4.39 Å². The summed E-state index contributed by atoms with van der Waals surface area (Å²) in [5.41, 5.74) is 0.558. The summed E-state index contributed by atoms with van der Waals surface area (Å²) in [4.78, 5) is 28.5. The van der Waals surface area contributed by atoms with E-state index in [0.717, 1.165) is 18.7 Å². The van der Waals surface area contributed by atoms with Crippen molar-refractivity contribution in [3.05, 3.63) is 65.0 Å². The van der Waals surface area contributed by atoms with Gasteiger partial charge in [-0.05, 0) is 35.4 Å². The van der Waals surface area contributed by atoms with E-state index < -0.39 is 29.3 Å². The molecule has 1 heterocycles. The number of benzene rings is 2. The molecule has 1 saturated heterocycles. The van der Waals surface area contributed by atoms with E-state index in [-0.39, 0.29) is 11.1 Å². The lowest BCUT2D eigenvalue weighted by atomic mass is 9.95. The van der Waals surface area contributed by atoms with Crippen LogP contribution in [0.3, 0.4) is 0 Å². The second-order valence-electron chi connectivity index (χ2n) is 7.90. The van der Waals surface area contributed by atoms with E-state index in [2.05, 4.69) is 0 Å². The number of quaternary nitrogens is 1. The molecule has 2 aromatic rings. The summed E-state index contributed by atoms with van der Waals surface area (Å²) < 4.78 is 24.0. The van der Waals surface area contributed by atoms with Crippen LogP contribution in [0, 0.1) is 5.82 Å². The van der Waals surface area contributed by atoms with Gasteiger partial charge in [-0.1, -0.05) is 24.0 Å². The number of methoxy groups -OCH3 is 2. The molecule has 0 aromatic heterocycles. The van der Waals surface area contributed by atoms with E-state index >= 15 is 0 Å². The van der Waals surface area contributed by atoms with Crippen molar-refractivity contribution in [2.75, 3.05) is 41.4 Å². The monoisotopic (exact) mass is 442 g/mol. The number of nitrogens with zero attached hydrogens (tertiary/aromatic N) is 1. The molecule has 0 radical (unpaired) electrons. The van der Waals surface area contributed by atoms with Crippen LogP contribution in [0.2, 0.25) is 0 Å². The van der Waals surface area contributed by atoms with Crippen molar-refractivity contribution in [3.63, 3.8) is 0 Å². The normalized spacial score (nSPS) is 17.8. The van der Waals surface area contributed by atoms with E-state index in [9.17, 15) is 19.1 Å². The van der Waals surface area contributed by atoms with Gasteiger partial charge in [0.1, 0.15) is 5.82 Å². The number of hydrogen-bond acceptors (Lipinski definition) is 5. The number of rotatable bonds is 8. The van der Waals surface area contributed by atoms with Crippen LogP contribution in [0.1, 0.15) is 23.6 Å². The molecular formula is C24H27FN2O5. The number of amides is 1. The molecule has 1 amide bonds. The summed E-state index contributed by atoms with van der Waals surface area (Å²) in [5.74, 6) is -1.74. The zero-order valence-corrected chi connectivity index (χ0v) is 18.6. The molecule has 0 bridgehead atoms. The highest BCUT2D eigenvalue weighted by Gasteiger charge is 2.44. The molecule has 0 spiro atoms. The van der Waals surface area contributed by atoms with Crippen molar-refractivity contribution in [2.45, 2.75) is 12.5 Å². The van der Waals surface area contributed by atoms with Crippen molar-refractivity contribution >= 4 is 17.4 Å². The van der Waals surface area contributed by atoms with Gasteiger partial charge in [0, 0.05) is 18.5 Å². The van der Waals surface area contributed by atoms with Gasteiger partial charge in [-0.15, -0.1) is 0 Å². The lowest BCUT2D eigenvalue weighted by Gasteiger charge is -2.28. The van der Waals surface area contributed by atoms with Crippen LogP contribution in [0.25, 0.3) is 5.76 Å². The van der Waals surface area contributed by atoms with Crippen LogP contribution in [-0.2, 0) is 9.59 Å². The highest BCUT2D eigenvalue weighted by atomic mass is 19.1. The number of Topliss-reactive ketones (excluding diaryl/α,β-unsaturated/α-hetero) is 1. The number of carbonyl (C=O) groups is 2. The Morgan fingerprint density at radius 1 is 1.06 bits per heavy atom. The molecule has 0 saturated carbocycles. The van der Waals surface area contributed by atoms with Crippen LogP contribution in [0.5, 0.6) is 11.5 Å². The lowest BCUT2D eigenvalue weighted by molar-refractivity contribution is -0.858. The molecule has 170 valence electrons. The summed E-state index contributed by atoms with van der Waals surface area (Å²) >= 11 is 0. The van der Waals surface area contributed by atoms with Gasteiger partial charge < -0.3 is 24.4 Å². The molecule has 1 atom stereocenters. The molecule has 1 aliphatic heterocycles. The minimum Gasteiger partial charge on any atom is -0.872 e. The topological polar surface area (TPSA) is 83.3 Å². The molecule has 32 heavy (non-hydrogen) atoms. The molecule has 3 rings (SSSR count). The predicted octanol–water partition coefficient (Wildman–Crippen LogP) is 0.602. The Kier molecular flexibility index (Phi) is 7.15. The Bertz CT molecular complexity index is 1030. The van der Waals surface area contributed by atoms with Crippen molar-refractivity contribution in [3.8, 4) is 11.5 Å². The van der Waals surface area contributed by atoms with Gasteiger partial charge in [-0.2, -0.15) is 0 Å². The Hall–Kier alpha value is -3.39. The SMILES string of the molecule is COc1ccc(C2C(=C([O-])c3ccc(F)cc3)C(=O)C(=O)N2CCC[NH+](C)C)cc1OC. The van der Waals surface area contributed by atoms with E-state index in [0.29, 0.717) is 30.0 Å². The molecule has 1 fully saturated rings. The third kappa shape index (κ3) is 4.60. The summed E-state index contributed by atoms with van der Waals surface area (Å²) in [5, 5.41) is 13.3. The van der Waals surface area contributed by atoms with Crippen molar-refractivity contribution in [1.29, 1.82) is 0 Å². The fraction of sp³-hybridized carbons (Fsp3) is 0.333. The molecule has 1 unspecified atom stereocenters. The Morgan fingerprint density at radius 3 is 2.31 bits per heavy atom. The van der Waals surface area contributed by atoms with Gasteiger partial charge >= 0.3 is 0 Å². The Labute approximate surface area is 186 Å². The van der Waals surface area contributed by atoms with Gasteiger partial charge in [0.25, 0.3) is 5.91 Å². The second-order valence-corrected chi connectivity index (χ2v) is 7.90. The summed E-state index contributed by atoms with van der Waals surface area (Å²) in [7, 11) is 6.99.